The summed E-state index contributed by atoms with van der Waals surface area (Å²) in [6, 6.07) is 9.82. The Bertz CT molecular complexity index is 1520. The second-order valence-electron chi connectivity index (χ2n) is 19.0. The van der Waals surface area contributed by atoms with Crippen molar-refractivity contribution in [3.8, 4) is 11.5 Å². The third kappa shape index (κ3) is 32.2. The third-order valence-electron chi connectivity index (χ3n) is 12.9. The molecule has 0 amide bonds. The van der Waals surface area contributed by atoms with Crippen LogP contribution < -0.4 is 9.47 Å². The first kappa shape index (κ1) is 59.8. The van der Waals surface area contributed by atoms with Crippen molar-refractivity contribution in [1.82, 2.24) is 0 Å². The molecular formula is C59H98O8. The summed E-state index contributed by atoms with van der Waals surface area (Å²) in [5.74, 6) is 0.325. The molecule has 2 atom stereocenters. The largest absolute Gasteiger partial charge is 0.490 e. The van der Waals surface area contributed by atoms with Gasteiger partial charge in [-0.3, -0.25) is 0 Å². The highest BCUT2D eigenvalue weighted by Crippen LogP contribution is 2.31. The first-order chi connectivity index (χ1) is 32.9. The summed E-state index contributed by atoms with van der Waals surface area (Å²) < 4.78 is 35.5. The number of benzene rings is 2. The van der Waals surface area contributed by atoms with Crippen LogP contribution in [0.2, 0.25) is 0 Å². The Morgan fingerprint density at radius 3 is 1.18 bits per heavy atom. The highest BCUT2D eigenvalue weighted by atomic mass is 16.6. The molecule has 0 aliphatic carbocycles. The van der Waals surface area contributed by atoms with Crippen LogP contribution in [0.3, 0.4) is 0 Å². The first-order valence-corrected chi connectivity index (χ1v) is 27.5. The Morgan fingerprint density at radius 1 is 0.463 bits per heavy atom. The van der Waals surface area contributed by atoms with Crippen molar-refractivity contribution in [2.45, 2.75) is 238 Å². The molecule has 0 aliphatic rings. The number of carbonyl (C=O) groups excluding carboxylic acids is 2. The van der Waals surface area contributed by atoms with Crippen LogP contribution in [0.15, 0.2) is 55.6 Å². The van der Waals surface area contributed by atoms with Gasteiger partial charge >= 0.3 is 11.9 Å². The maximum absolute atomic E-state index is 12.2. The zero-order valence-electron chi connectivity index (χ0n) is 43.2. The van der Waals surface area contributed by atoms with Gasteiger partial charge < -0.3 is 28.4 Å². The molecule has 8 heteroatoms. The van der Waals surface area contributed by atoms with Crippen molar-refractivity contribution >= 4 is 22.7 Å². The number of hydrogen-bond acceptors (Lipinski definition) is 8. The number of rotatable bonds is 48. The Labute approximate surface area is 410 Å². The van der Waals surface area contributed by atoms with Gasteiger partial charge in [0, 0.05) is 25.4 Å². The quantitative estimate of drug-likeness (QED) is 0.0368. The molecule has 0 saturated carbocycles. The minimum Gasteiger partial charge on any atom is -0.490 e. The fraction of sp³-hybridized carbons (Fsp3) is 0.729. The van der Waals surface area contributed by atoms with Crippen molar-refractivity contribution in [2.75, 3.05) is 39.6 Å². The molecule has 8 nitrogen and oxygen atoms in total. The minimum absolute atomic E-state index is 0.148. The number of fused-ring (bicyclic) bond motifs is 1. The molecule has 2 unspecified atom stereocenters. The van der Waals surface area contributed by atoms with Crippen LogP contribution in [-0.2, 0) is 28.5 Å². The van der Waals surface area contributed by atoms with Gasteiger partial charge in [-0.05, 0) is 54.3 Å². The third-order valence-corrected chi connectivity index (χ3v) is 12.9. The lowest BCUT2D eigenvalue weighted by Crippen LogP contribution is -2.29. The van der Waals surface area contributed by atoms with E-state index in [-0.39, 0.29) is 26.4 Å². The molecule has 0 fully saturated rings. The summed E-state index contributed by atoms with van der Waals surface area (Å²) >= 11 is 0. The number of carbonyl (C=O) groups is 2. The normalized spacial score (nSPS) is 12.2. The molecule has 382 valence electrons. The van der Waals surface area contributed by atoms with Gasteiger partial charge in [0.05, 0.1) is 13.2 Å². The summed E-state index contributed by atoms with van der Waals surface area (Å²) in [6.07, 6.45) is 43.7. The molecule has 0 spiro atoms. The van der Waals surface area contributed by atoms with Crippen molar-refractivity contribution in [2.24, 2.45) is 0 Å². The van der Waals surface area contributed by atoms with Crippen molar-refractivity contribution < 1.29 is 38.0 Å². The SMILES string of the molecule is C=CC(=O)OC(COCCCCCCCCCCCCCCCCCC)COc1ccc2ccc(OCC(COCCCCCCCCCCCCCCCCCC)OC(=O)C=C)c(C)c2c1. The van der Waals surface area contributed by atoms with Gasteiger partial charge in [-0.15, -0.1) is 0 Å². The number of ether oxygens (including phenoxy) is 6. The summed E-state index contributed by atoms with van der Waals surface area (Å²) in [5, 5.41) is 2.00. The number of hydrogen-bond donors (Lipinski definition) is 0. The average molecular weight is 935 g/mol. The zero-order valence-corrected chi connectivity index (χ0v) is 43.2. The standard InChI is InChI=1S/C59H98O8/c1-6-10-12-14-16-18-20-22-24-26-28-30-32-34-36-38-44-62-47-54(66-58(60)8-3)49-64-53-42-40-52-41-43-57(51(5)56(52)46-53)65-50-55(67-59(61)9-4)48-63-45-39-37-35-33-31-29-27-25-23-21-19-17-15-13-11-7-2/h8-9,40-43,46,54-55H,3-4,6-7,10-39,44-45,47-50H2,1-2,5H3. The van der Waals surface area contributed by atoms with Crippen molar-refractivity contribution in [3.05, 3.63) is 61.2 Å². The molecule has 0 bridgehead atoms. The van der Waals surface area contributed by atoms with E-state index in [2.05, 4.69) is 27.0 Å². The van der Waals surface area contributed by atoms with Gasteiger partial charge in [-0.2, -0.15) is 0 Å². The molecule has 0 aromatic heterocycles. The molecule has 0 radical (unpaired) electrons. The Morgan fingerprint density at radius 2 is 0.806 bits per heavy atom. The van der Waals surface area contributed by atoms with E-state index >= 15 is 0 Å². The van der Waals surface area contributed by atoms with Gasteiger partial charge in [-0.1, -0.05) is 232 Å². The van der Waals surface area contributed by atoms with E-state index in [1.807, 2.05) is 37.3 Å². The van der Waals surface area contributed by atoms with Gasteiger partial charge in [-0.25, -0.2) is 9.59 Å². The van der Waals surface area contributed by atoms with Crippen LogP contribution in [-0.4, -0.2) is 63.8 Å². The maximum atomic E-state index is 12.2. The van der Waals surface area contributed by atoms with Crippen LogP contribution in [0.1, 0.15) is 225 Å². The van der Waals surface area contributed by atoms with Gasteiger partial charge in [0.1, 0.15) is 24.7 Å². The predicted molar refractivity (Wildman–Crippen MR) is 281 cm³/mol. The molecule has 0 N–H and O–H groups in total. The molecule has 2 rings (SSSR count). The van der Waals surface area contributed by atoms with Crippen LogP contribution in [0.5, 0.6) is 11.5 Å². The second-order valence-corrected chi connectivity index (χ2v) is 19.0. The molecule has 0 aliphatic heterocycles. The molecule has 2 aromatic carbocycles. The van der Waals surface area contributed by atoms with E-state index in [4.69, 9.17) is 28.4 Å². The van der Waals surface area contributed by atoms with Crippen LogP contribution in [0.25, 0.3) is 10.8 Å². The lowest BCUT2D eigenvalue weighted by atomic mass is 10.0. The number of esters is 2. The predicted octanol–water partition coefficient (Wildman–Crippen LogP) is 16.7. The summed E-state index contributed by atoms with van der Waals surface area (Å²) in [5.41, 5.74) is 0.933. The lowest BCUT2D eigenvalue weighted by Gasteiger charge is -2.20. The van der Waals surface area contributed by atoms with E-state index < -0.39 is 24.1 Å². The Balaban J connectivity index is 1.68. The molecule has 0 saturated heterocycles. The van der Waals surface area contributed by atoms with Gasteiger partial charge in [0.15, 0.2) is 12.2 Å². The minimum atomic E-state index is -0.571. The maximum Gasteiger partial charge on any atom is 0.330 e. The second kappa shape index (κ2) is 42.7. The van der Waals surface area contributed by atoms with Crippen LogP contribution in [0, 0.1) is 6.92 Å². The highest BCUT2D eigenvalue weighted by Gasteiger charge is 2.18. The smallest absolute Gasteiger partial charge is 0.330 e. The zero-order chi connectivity index (χ0) is 48.3. The lowest BCUT2D eigenvalue weighted by molar-refractivity contribution is -0.148. The fourth-order valence-corrected chi connectivity index (χ4v) is 8.64. The van der Waals surface area contributed by atoms with E-state index in [9.17, 15) is 9.59 Å². The van der Waals surface area contributed by atoms with E-state index in [0.717, 1.165) is 42.0 Å². The number of aryl methyl sites for hydroxylation is 1. The van der Waals surface area contributed by atoms with Crippen molar-refractivity contribution in [1.29, 1.82) is 0 Å². The molecular weight excluding hydrogens is 837 g/mol. The average Bonchev–Trinajstić information content (AvgIpc) is 3.34. The van der Waals surface area contributed by atoms with Gasteiger partial charge in [0.2, 0.25) is 0 Å². The van der Waals surface area contributed by atoms with Crippen LogP contribution in [0.4, 0.5) is 0 Å². The first-order valence-electron chi connectivity index (χ1n) is 27.5. The Hall–Kier alpha value is -3.36. The monoisotopic (exact) mass is 935 g/mol. The summed E-state index contributed by atoms with van der Waals surface area (Å²) in [4.78, 5) is 24.3. The van der Waals surface area contributed by atoms with Crippen LogP contribution >= 0.6 is 0 Å². The summed E-state index contributed by atoms with van der Waals surface area (Å²) in [6.45, 7) is 15.7. The summed E-state index contributed by atoms with van der Waals surface area (Å²) in [7, 11) is 0. The molecule has 0 heterocycles. The van der Waals surface area contributed by atoms with Crippen molar-refractivity contribution in [3.63, 3.8) is 0 Å². The van der Waals surface area contributed by atoms with E-state index in [0.29, 0.717) is 24.7 Å². The highest BCUT2D eigenvalue weighted by molar-refractivity contribution is 5.88. The Kier molecular flexibility index (Phi) is 38.1. The fourth-order valence-electron chi connectivity index (χ4n) is 8.64. The molecule has 2 aromatic rings. The molecule has 67 heavy (non-hydrogen) atoms. The topological polar surface area (TPSA) is 89.5 Å². The van der Waals surface area contributed by atoms with E-state index in [1.165, 1.54) is 192 Å². The van der Waals surface area contributed by atoms with Gasteiger partial charge in [0.25, 0.3) is 0 Å². The number of unbranched alkanes of at least 4 members (excludes halogenated alkanes) is 30. The van der Waals surface area contributed by atoms with E-state index in [1.54, 1.807) is 0 Å².